The third kappa shape index (κ3) is 4.57. The highest BCUT2D eigenvalue weighted by atomic mass is 32.1. The molecule has 28 heavy (non-hydrogen) atoms. The SMILES string of the molecule is Cc1oc(-c2cccc(C(F)(F)F)c2)cc1C(=O)Nc1nc(CC(C)N)ns1. The molecule has 0 radical (unpaired) electrons. The molecule has 2 heterocycles. The van der Waals surface area contributed by atoms with Gasteiger partial charge in [-0.1, -0.05) is 12.1 Å². The number of alkyl halides is 3. The Morgan fingerprint density at radius 3 is 2.79 bits per heavy atom. The number of aryl methyl sites for hydroxylation is 1. The quantitative estimate of drug-likeness (QED) is 0.655. The molecule has 0 fully saturated rings. The number of amides is 1. The van der Waals surface area contributed by atoms with E-state index in [4.69, 9.17) is 10.2 Å². The predicted molar refractivity (Wildman–Crippen MR) is 99.1 cm³/mol. The van der Waals surface area contributed by atoms with Gasteiger partial charge in [-0.25, -0.2) is 4.98 Å². The molecule has 148 valence electrons. The van der Waals surface area contributed by atoms with Crippen molar-refractivity contribution in [3.63, 3.8) is 0 Å². The summed E-state index contributed by atoms with van der Waals surface area (Å²) in [5.74, 6) is 0.501. The first-order valence-electron chi connectivity index (χ1n) is 8.31. The lowest BCUT2D eigenvalue weighted by Crippen LogP contribution is -2.18. The van der Waals surface area contributed by atoms with Crippen molar-refractivity contribution in [1.29, 1.82) is 0 Å². The van der Waals surface area contributed by atoms with Crippen LogP contribution in [-0.4, -0.2) is 21.3 Å². The minimum atomic E-state index is -4.46. The minimum absolute atomic E-state index is 0.107. The number of aromatic nitrogens is 2. The first-order chi connectivity index (χ1) is 13.1. The van der Waals surface area contributed by atoms with Crippen molar-refractivity contribution in [2.45, 2.75) is 32.5 Å². The molecule has 6 nitrogen and oxygen atoms in total. The van der Waals surface area contributed by atoms with Crippen molar-refractivity contribution in [3.8, 4) is 11.3 Å². The molecule has 1 unspecified atom stereocenters. The van der Waals surface area contributed by atoms with Crippen LogP contribution in [0.2, 0.25) is 0 Å². The topological polar surface area (TPSA) is 94.0 Å². The lowest BCUT2D eigenvalue weighted by atomic mass is 10.1. The molecule has 0 spiro atoms. The number of furan rings is 1. The number of hydrogen-bond donors (Lipinski definition) is 2. The normalized spacial score (nSPS) is 12.8. The summed E-state index contributed by atoms with van der Waals surface area (Å²) >= 11 is 1.02. The first kappa shape index (κ1) is 20.0. The zero-order valence-corrected chi connectivity index (χ0v) is 15.8. The van der Waals surface area contributed by atoms with E-state index in [0.29, 0.717) is 17.4 Å². The second kappa shape index (κ2) is 7.72. The van der Waals surface area contributed by atoms with Gasteiger partial charge in [0, 0.05) is 29.6 Å². The van der Waals surface area contributed by atoms with Crippen LogP contribution in [0.3, 0.4) is 0 Å². The number of benzene rings is 1. The summed E-state index contributed by atoms with van der Waals surface area (Å²) in [6.45, 7) is 3.39. The molecule has 0 saturated heterocycles. The van der Waals surface area contributed by atoms with Gasteiger partial charge in [0.2, 0.25) is 5.13 Å². The zero-order valence-electron chi connectivity index (χ0n) is 15.0. The number of anilines is 1. The molecule has 0 aliphatic rings. The summed E-state index contributed by atoms with van der Waals surface area (Å²) in [5.41, 5.74) is 5.34. The van der Waals surface area contributed by atoms with Crippen LogP contribution < -0.4 is 11.1 Å². The molecule has 1 aromatic carbocycles. The summed E-state index contributed by atoms with van der Waals surface area (Å²) in [4.78, 5) is 16.7. The maximum atomic E-state index is 12.9. The zero-order chi connectivity index (χ0) is 20.5. The molecular formula is C18H17F3N4O2S. The number of nitrogens with zero attached hydrogens (tertiary/aromatic N) is 2. The Labute approximate surface area is 162 Å². The molecular weight excluding hydrogens is 393 g/mol. The Balaban J connectivity index is 1.80. The van der Waals surface area contributed by atoms with E-state index < -0.39 is 17.6 Å². The maximum Gasteiger partial charge on any atom is 0.416 e. The van der Waals surface area contributed by atoms with Gasteiger partial charge in [0.25, 0.3) is 5.91 Å². The second-order valence-electron chi connectivity index (χ2n) is 6.31. The molecule has 3 N–H and O–H groups in total. The van der Waals surface area contributed by atoms with E-state index >= 15 is 0 Å². The second-order valence-corrected chi connectivity index (χ2v) is 7.06. The van der Waals surface area contributed by atoms with E-state index in [1.54, 1.807) is 6.92 Å². The van der Waals surface area contributed by atoms with Gasteiger partial charge in [-0.15, -0.1) is 0 Å². The third-order valence-electron chi connectivity index (χ3n) is 3.83. The van der Waals surface area contributed by atoms with Crippen LogP contribution in [0, 0.1) is 6.92 Å². The largest absolute Gasteiger partial charge is 0.461 e. The molecule has 3 rings (SSSR count). The minimum Gasteiger partial charge on any atom is -0.461 e. The van der Waals surface area contributed by atoms with E-state index in [-0.39, 0.29) is 28.7 Å². The van der Waals surface area contributed by atoms with Crippen LogP contribution in [0.4, 0.5) is 18.3 Å². The summed E-state index contributed by atoms with van der Waals surface area (Å²) in [6, 6.07) is 6.03. The van der Waals surface area contributed by atoms with Gasteiger partial charge in [0.05, 0.1) is 11.1 Å². The van der Waals surface area contributed by atoms with E-state index in [9.17, 15) is 18.0 Å². The van der Waals surface area contributed by atoms with Gasteiger partial charge in [-0.3, -0.25) is 10.1 Å². The fourth-order valence-electron chi connectivity index (χ4n) is 2.54. The summed E-state index contributed by atoms with van der Waals surface area (Å²) in [6.07, 6.45) is -3.98. The van der Waals surface area contributed by atoms with Crippen molar-refractivity contribution >= 4 is 22.6 Å². The molecule has 0 aliphatic heterocycles. The monoisotopic (exact) mass is 410 g/mol. The van der Waals surface area contributed by atoms with Gasteiger partial charge in [-0.05, 0) is 32.0 Å². The van der Waals surface area contributed by atoms with Crippen LogP contribution in [-0.2, 0) is 12.6 Å². The highest BCUT2D eigenvalue weighted by Gasteiger charge is 2.30. The number of carbonyl (C=O) groups excluding carboxylic acids is 1. The molecule has 1 amide bonds. The van der Waals surface area contributed by atoms with Crippen LogP contribution >= 0.6 is 11.5 Å². The van der Waals surface area contributed by atoms with E-state index in [1.807, 2.05) is 6.92 Å². The van der Waals surface area contributed by atoms with Crippen molar-refractivity contribution in [2.24, 2.45) is 5.73 Å². The van der Waals surface area contributed by atoms with Crippen molar-refractivity contribution < 1.29 is 22.4 Å². The number of carbonyl (C=O) groups is 1. The highest BCUT2D eigenvalue weighted by molar-refractivity contribution is 7.09. The van der Waals surface area contributed by atoms with Gasteiger partial charge >= 0.3 is 6.18 Å². The van der Waals surface area contributed by atoms with Crippen LogP contribution in [0.15, 0.2) is 34.7 Å². The van der Waals surface area contributed by atoms with Crippen molar-refractivity contribution in [1.82, 2.24) is 9.36 Å². The molecule has 2 aromatic heterocycles. The fourth-order valence-corrected chi connectivity index (χ4v) is 3.13. The van der Waals surface area contributed by atoms with Crippen LogP contribution in [0.1, 0.15) is 34.4 Å². The van der Waals surface area contributed by atoms with Gasteiger partial charge in [0.1, 0.15) is 17.3 Å². The number of nitrogens with one attached hydrogen (secondary N) is 1. The number of rotatable bonds is 5. The average molecular weight is 410 g/mol. The standard InChI is InChI=1S/C18H17F3N4O2S/c1-9(22)6-15-23-17(28-25-15)24-16(26)13-8-14(27-10(13)2)11-4-3-5-12(7-11)18(19,20)21/h3-5,7-9H,6,22H2,1-2H3,(H,23,24,25,26). The predicted octanol–water partition coefficient (Wildman–Crippen LogP) is 4.27. The smallest absolute Gasteiger partial charge is 0.416 e. The lowest BCUT2D eigenvalue weighted by molar-refractivity contribution is -0.137. The Morgan fingerprint density at radius 1 is 1.36 bits per heavy atom. The van der Waals surface area contributed by atoms with Crippen molar-refractivity contribution in [2.75, 3.05) is 5.32 Å². The number of nitrogens with two attached hydrogens (primary N) is 1. The third-order valence-corrected chi connectivity index (χ3v) is 4.50. The number of halogens is 3. The lowest BCUT2D eigenvalue weighted by Gasteiger charge is -2.07. The van der Waals surface area contributed by atoms with Crippen LogP contribution in [0.25, 0.3) is 11.3 Å². The summed E-state index contributed by atoms with van der Waals surface area (Å²) in [7, 11) is 0. The highest BCUT2D eigenvalue weighted by Crippen LogP contribution is 2.33. The molecule has 0 bridgehead atoms. The van der Waals surface area contributed by atoms with Crippen LogP contribution in [0.5, 0.6) is 0 Å². The van der Waals surface area contributed by atoms with E-state index in [0.717, 1.165) is 23.7 Å². The number of hydrogen-bond acceptors (Lipinski definition) is 6. The first-order valence-corrected chi connectivity index (χ1v) is 9.08. The summed E-state index contributed by atoms with van der Waals surface area (Å²) < 4.78 is 48.3. The Bertz CT molecular complexity index is 995. The molecule has 0 aliphatic carbocycles. The average Bonchev–Trinajstić information content (AvgIpc) is 3.20. The maximum absolute atomic E-state index is 12.9. The Hall–Kier alpha value is -2.72. The fraction of sp³-hybridized carbons (Fsp3) is 0.278. The van der Waals surface area contributed by atoms with Gasteiger partial charge in [-0.2, -0.15) is 17.5 Å². The molecule has 1 atom stereocenters. The van der Waals surface area contributed by atoms with Gasteiger partial charge < -0.3 is 10.2 Å². The van der Waals surface area contributed by atoms with E-state index in [1.165, 1.54) is 18.2 Å². The van der Waals surface area contributed by atoms with E-state index in [2.05, 4.69) is 14.7 Å². The Kier molecular flexibility index (Phi) is 5.52. The molecule has 0 saturated carbocycles. The van der Waals surface area contributed by atoms with Gasteiger partial charge in [0.15, 0.2) is 0 Å². The molecule has 10 heteroatoms. The summed E-state index contributed by atoms with van der Waals surface area (Å²) in [5, 5.41) is 2.93. The van der Waals surface area contributed by atoms with Crippen molar-refractivity contribution in [3.05, 3.63) is 53.0 Å². The molecule has 3 aromatic rings. The Morgan fingerprint density at radius 2 is 2.11 bits per heavy atom.